The topological polar surface area (TPSA) is 55.8 Å². The van der Waals surface area contributed by atoms with Crippen LogP contribution in [0.15, 0.2) is 24.3 Å². The molecule has 1 N–H and O–H groups in total. The van der Waals surface area contributed by atoms with Gasteiger partial charge in [0.1, 0.15) is 6.61 Å². The molecule has 4 heteroatoms. The number of fused-ring (bicyclic) bond motifs is 1. The lowest BCUT2D eigenvalue weighted by molar-refractivity contribution is -0.194. The second-order valence-electron chi connectivity index (χ2n) is 2.88. The van der Waals surface area contributed by atoms with Crippen LogP contribution >= 0.6 is 0 Å². The third-order valence-electron chi connectivity index (χ3n) is 1.87. The zero-order valence-electron chi connectivity index (χ0n) is 7.27. The number of carboxylic acid groups (broad SMARTS) is 1. The normalized spacial score (nSPS) is 14.0. The van der Waals surface area contributed by atoms with E-state index in [2.05, 4.69) is 0 Å². The van der Waals surface area contributed by atoms with E-state index in [9.17, 15) is 4.79 Å². The third-order valence-corrected chi connectivity index (χ3v) is 1.87. The van der Waals surface area contributed by atoms with Crippen LogP contribution in [0.2, 0.25) is 0 Å². The van der Waals surface area contributed by atoms with Gasteiger partial charge in [-0.3, -0.25) is 0 Å². The second-order valence-corrected chi connectivity index (χ2v) is 2.88. The van der Waals surface area contributed by atoms with Crippen LogP contribution in [-0.4, -0.2) is 11.1 Å². The van der Waals surface area contributed by atoms with E-state index in [0.717, 1.165) is 17.2 Å². The SMILES string of the molecule is O=C(O)/C=C/c1ccc2c(c1)COO2. The zero-order chi connectivity index (χ0) is 9.97. The van der Waals surface area contributed by atoms with Crippen molar-refractivity contribution in [1.82, 2.24) is 0 Å². The van der Waals surface area contributed by atoms with Crippen molar-refractivity contribution in [2.75, 3.05) is 0 Å². The first kappa shape index (κ1) is 8.77. The predicted octanol–water partition coefficient (Wildman–Crippen LogP) is 1.61. The molecular formula is C10H8O4. The van der Waals surface area contributed by atoms with E-state index in [-0.39, 0.29) is 0 Å². The minimum absolute atomic E-state index is 0.407. The van der Waals surface area contributed by atoms with E-state index in [4.69, 9.17) is 14.9 Å². The molecule has 0 unspecified atom stereocenters. The minimum Gasteiger partial charge on any atom is -0.478 e. The maximum atomic E-state index is 10.3. The van der Waals surface area contributed by atoms with E-state index in [1.165, 1.54) is 6.08 Å². The van der Waals surface area contributed by atoms with E-state index < -0.39 is 5.97 Å². The predicted molar refractivity (Wildman–Crippen MR) is 48.5 cm³/mol. The number of hydrogen-bond donors (Lipinski definition) is 1. The molecule has 1 aromatic carbocycles. The van der Waals surface area contributed by atoms with Crippen LogP contribution in [-0.2, 0) is 16.3 Å². The van der Waals surface area contributed by atoms with Crippen LogP contribution in [0, 0.1) is 0 Å². The highest BCUT2D eigenvalue weighted by Crippen LogP contribution is 2.26. The molecule has 0 saturated carbocycles. The van der Waals surface area contributed by atoms with Crippen LogP contribution in [0.5, 0.6) is 5.75 Å². The van der Waals surface area contributed by atoms with Gasteiger partial charge in [0, 0.05) is 11.6 Å². The average molecular weight is 192 g/mol. The van der Waals surface area contributed by atoms with Gasteiger partial charge in [-0.1, -0.05) is 6.07 Å². The van der Waals surface area contributed by atoms with Crippen molar-refractivity contribution in [2.45, 2.75) is 6.61 Å². The highest BCUT2D eigenvalue weighted by atomic mass is 17.2. The zero-order valence-corrected chi connectivity index (χ0v) is 7.27. The van der Waals surface area contributed by atoms with Gasteiger partial charge in [0.15, 0.2) is 5.75 Å². The van der Waals surface area contributed by atoms with Gasteiger partial charge in [-0.25, -0.2) is 4.79 Å². The van der Waals surface area contributed by atoms with Crippen LogP contribution < -0.4 is 4.89 Å². The molecule has 0 saturated heterocycles. The van der Waals surface area contributed by atoms with Crippen LogP contribution in [0.25, 0.3) is 6.08 Å². The van der Waals surface area contributed by atoms with Crippen molar-refractivity contribution in [3.8, 4) is 5.75 Å². The molecule has 4 nitrogen and oxygen atoms in total. The van der Waals surface area contributed by atoms with Gasteiger partial charge < -0.3 is 9.99 Å². The highest BCUT2D eigenvalue weighted by molar-refractivity contribution is 5.85. The summed E-state index contributed by atoms with van der Waals surface area (Å²) in [5.41, 5.74) is 1.75. The number of hydrogen-bond acceptors (Lipinski definition) is 3. The van der Waals surface area contributed by atoms with Gasteiger partial charge in [0.25, 0.3) is 0 Å². The summed E-state index contributed by atoms with van der Waals surface area (Å²) in [4.78, 5) is 19.9. The molecular weight excluding hydrogens is 184 g/mol. The van der Waals surface area contributed by atoms with Gasteiger partial charge in [0.2, 0.25) is 0 Å². The minimum atomic E-state index is -0.960. The van der Waals surface area contributed by atoms with E-state index in [1.54, 1.807) is 12.1 Å². The van der Waals surface area contributed by atoms with E-state index in [0.29, 0.717) is 12.4 Å². The summed E-state index contributed by atoms with van der Waals surface area (Å²) in [6, 6.07) is 5.36. The molecule has 0 amide bonds. The Morgan fingerprint density at radius 3 is 3.14 bits per heavy atom. The Bertz CT molecular complexity index is 395. The van der Waals surface area contributed by atoms with Crippen molar-refractivity contribution >= 4 is 12.0 Å². The molecule has 0 radical (unpaired) electrons. The number of carboxylic acids is 1. The van der Waals surface area contributed by atoms with Gasteiger partial charge in [-0.15, -0.1) is 0 Å². The van der Waals surface area contributed by atoms with Gasteiger partial charge in [0.05, 0.1) is 0 Å². The van der Waals surface area contributed by atoms with Gasteiger partial charge in [-0.05, 0) is 23.8 Å². The highest BCUT2D eigenvalue weighted by Gasteiger charge is 2.12. The summed E-state index contributed by atoms with van der Waals surface area (Å²) >= 11 is 0. The second kappa shape index (κ2) is 3.51. The monoisotopic (exact) mass is 192 g/mol. The molecule has 2 rings (SSSR count). The fourth-order valence-corrected chi connectivity index (χ4v) is 1.22. The lowest BCUT2D eigenvalue weighted by atomic mass is 10.1. The standard InChI is InChI=1S/C10H8O4/c11-10(12)4-2-7-1-3-9-8(5-7)6-13-14-9/h1-5H,6H2,(H,11,12)/b4-2+. The Balaban J connectivity index is 2.25. The summed E-state index contributed by atoms with van der Waals surface area (Å²) in [6.07, 6.45) is 2.62. The van der Waals surface area contributed by atoms with Crippen LogP contribution in [0.3, 0.4) is 0 Å². The van der Waals surface area contributed by atoms with Crippen LogP contribution in [0.4, 0.5) is 0 Å². The first-order valence-electron chi connectivity index (χ1n) is 4.09. The van der Waals surface area contributed by atoms with E-state index >= 15 is 0 Å². The summed E-state index contributed by atoms with van der Waals surface area (Å²) in [6.45, 7) is 0.407. The van der Waals surface area contributed by atoms with Crippen molar-refractivity contribution in [3.05, 3.63) is 35.4 Å². The van der Waals surface area contributed by atoms with Crippen molar-refractivity contribution in [3.63, 3.8) is 0 Å². The first-order chi connectivity index (χ1) is 6.75. The Morgan fingerprint density at radius 2 is 2.36 bits per heavy atom. The van der Waals surface area contributed by atoms with Crippen molar-refractivity contribution in [1.29, 1.82) is 0 Å². The van der Waals surface area contributed by atoms with Crippen LogP contribution in [0.1, 0.15) is 11.1 Å². The molecule has 14 heavy (non-hydrogen) atoms. The van der Waals surface area contributed by atoms with Gasteiger partial charge >= 0.3 is 5.97 Å². The Labute approximate surface area is 80.3 Å². The molecule has 0 aromatic heterocycles. The number of rotatable bonds is 2. The molecule has 1 aliphatic heterocycles. The Hall–Kier alpha value is -1.81. The summed E-state index contributed by atoms with van der Waals surface area (Å²) < 4.78 is 0. The quantitative estimate of drug-likeness (QED) is 0.571. The smallest absolute Gasteiger partial charge is 0.328 e. The molecule has 1 aromatic rings. The van der Waals surface area contributed by atoms with Crippen molar-refractivity contribution in [2.24, 2.45) is 0 Å². The van der Waals surface area contributed by atoms with Gasteiger partial charge in [-0.2, -0.15) is 4.89 Å². The molecule has 72 valence electrons. The fraction of sp³-hybridized carbons (Fsp3) is 0.100. The molecule has 0 fully saturated rings. The molecule has 0 atom stereocenters. The molecule has 1 aliphatic rings. The molecule has 1 heterocycles. The summed E-state index contributed by atoms with van der Waals surface area (Å²) in [7, 11) is 0. The lowest BCUT2D eigenvalue weighted by Gasteiger charge is -1.95. The number of carbonyl (C=O) groups is 1. The Morgan fingerprint density at radius 1 is 1.50 bits per heavy atom. The summed E-state index contributed by atoms with van der Waals surface area (Å²) in [5.74, 6) is -0.268. The first-order valence-corrected chi connectivity index (χ1v) is 4.09. The lowest BCUT2D eigenvalue weighted by Crippen LogP contribution is -1.86. The number of aliphatic carboxylic acids is 1. The molecule has 0 aliphatic carbocycles. The molecule has 0 spiro atoms. The number of benzene rings is 1. The largest absolute Gasteiger partial charge is 0.478 e. The summed E-state index contributed by atoms with van der Waals surface area (Å²) in [5, 5.41) is 8.43. The molecule has 0 bridgehead atoms. The van der Waals surface area contributed by atoms with Crippen molar-refractivity contribution < 1.29 is 19.7 Å². The maximum Gasteiger partial charge on any atom is 0.328 e. The fourth-order valence-electron chi connectivity index (χ4n) is 1.22. The maximum absolute atomic E-state index is 10.3. The Kier molecular flexibility index (Phi) is 2.20. The van der Waals surface area contributed by atoms with E-state index in [1.807, 2.05) is 6.07 Å². The average Bonchev–Trinajstić information content (AvgIpc) is 2.61. The third kappa shape index (κ3) is 1.75.